The first-order valence-electron chi connectivity index (χ1n) is 9.59. The molecule has 1 N–H and O–H groups in total. The molecule has 1 aromatic rings. The predicted molar refractivity (Wildman–Crippen MR) is 99.4 cm³/mol. The standard InChI is InChI=1S/C20H31N3O2/c1-17-5-7-18(8-6-17)19(24)15-21-11-13-22(14-12-21)16-20(25)23-9-3-2-4-10-23/h5-8,19,24H,2-4,9-16H2,1H3. The molecule has 5 nitrogen and oxygen atoms in total. The third-order valence-corrected chi connectivity index (χ3v) is 5.43. The van der Waals surface area contributed by atoms with Crippen molar-refractivity contribution >= 4 is 5.91 Å². The molecular formula is C20H31N3O2. The molecule has 138 valence electrons. The molecule has 1 unspecified atom stereocenters. The van der Waals surface area contributed by atoms with Crippen LogP contribution in [0.3, 0.4) is 0 Å². The zero-order valence-corrected chi connectivity index (χ0v) is 15.4. The van der Waals surface area contributed by atoms with Crippen molar-refractivity contribution in [2.24, 2.45) is 0 Å². The molecule has 0 radical (unpaired) electrons. The minimum Gasteiger partial charge on any atom is -0.387 e. The highest BCUT2D eigenvalue weighted by molar-refractivity contribution is 5.78. The lowest BCUT2D eigenvalue weighted by Gasteiger charge is -2.36. The van der Waals surface area contributed by atoms with E-state index in [-0.39, 0.29) is 5.91 Å². The van der Waals surface area contributed by atoms with Crippen LogP contribution in [0.1, 0.15) is 36.5 Å². The lowest BCUT2D eigenvalue weighted by atomic mass is 10.1. The number of carbonyl (C=O) groups excluding carboxylic acids is 1. The molecule has 1 atom stereocenters. The number of carbonyl (C=O) groups is 1. The fourth-order valence-corrected chi connectivity index (χ4v) is 3.70. The first-order valence-corrected chi connectivity index (χ1v) is 9.59. The SMILES string of the molecule is Cc1ccc(C(O)CN2CCN(CC(=O)N3CCCCC3)CC2)cc1. The molecule has 2 aliphatic rings. The van der Waals surface area contributed by atoms with Gasteiger partial charge < -0.3 is 10.0 Å². The number of amides is 1. The lowest BCUT2D eigenvalue weighted by Crippen LogP contribution is -2.51. The van der Waals surface area contributed by atoms with Crippen molar-refractivity contribution in [3.8, 4) is 0 Å². The van der Waals surface area contributed by atoms with Gasteiger partial charge in [0.2, 0.25) is 5.91 Å². The van der Waals surface area contributed by atoms with Crippen LogP contribution in [0.5, 0.6) is 0 Å². The Balaban J connectivity index is 1.40. The van der Waals surface area contributed by atoms with E-state index >= 15 is 0 Å². The first kappa shape index (κ1) is 18.4. The summed E-state index contributed by atoms with van der Waals surface area (Å²) in [4.78, 5) is 18.9. The number of piperidine rings is 1. The number of hydrogen-bond acceptors (Lipinski definition) is 4. The maximum Gasteiger partial charge on any atom is 0.236 e. The van der Waals surface area contributed by atoms with Crippen LogP contribution in [0, 0.1) is 6.92 Å². The van der Waals surface area contributed by atoms with Crippen LogP contribution in [-0.2, 0) is 4.79 Å². The maximum absolute atomic E-state index is 12.4. The van der Waals surface area contributed by atoms with Gasteiger partial charge in [-0.3, -0.25) is 14.6 Å². The number of nitrogens with zero attached hydrogens (tertiary/aromatic N) is 3. The monoisotopic (exact) mass is 345 g/mol. The molecule has 2 heterocycles. The predicted octanol–water partition coefficient (Wildman–Crippen LogP) is 1.66. The second kappa shape index (κ2) is 8.79. The van der Waals surface area contributed by atoms with E-state index in [1.165, 1.54) is 12.0 Å². The zero-order valence-electron chi connectivity index (χ0n) is 15.4. The summed E-state index contributed by atoms with van der Waals surface area (Å²) >= 11 is 0. The summed E-state index contributed by atoms with van der Waals surface area (Å²) in [7, 11) is 0. The van der Waals surface area contributed by atoms with Crippen LogP contribution < -0.4 is 0 Å². The first-order chi connectivity index (χ1) is 12.1. The molecule has 0 saturated carbocycles. The molecule has 2 saturated heterocycles. The third kappa shape index (κ3) is 5.27. The summed E-state index contributed by atoms with van der Waals surface area (Å²) < 4.78 is 0. The van der Waals surface area contributed by atoms with Gasteiger partial charge in [0.15, 0.2) is 0 Å². The molecule has 0 spiro atoms. The summed E-state index contributed by atoms with van der Waals surface area (Å²) in [5.41, 5.74) is 2.19. The van der Waals surface area contributed by atoms with Gasteiger partial charge >= 0.3 is 0 Å². The molecule has 5 heteroatoms. The highest BCUT2D eigenvalue weighted by atomic mass is 16.3. The van der Waals surface area contributed by atoms with E-state index in [0.29, 0.717) is 13.1 Å². The lowest BCUT2D eigenvalue weighted by molar-refractivity contribution is -0.133. The van der Waals surface area contributed by atoms with Crippen molar-refractivity contribution in [2.45, 2.75) is 32.3 Å². The molecule has 3 rings (SSSR count). The molecule has 2 aliphatic heterocycles. The largest absolute Gasteiger partial charge is 0.387 e. The van der Waals surface area contributed by atoms with Crippen LogP contribution in [0.15, 0.2) is 24.3 Å². The van der Waals surface area contributed by atoms with Crippen LogP contribution in [0.2, 0.25) is 0 Å². The molecule has 0 aromatic heterocycles. The van der Waals surface area contributed by atoms with Gasteiger partial charge in [0.25, 0.3) is 0 Å². The summed E-state index contributed by atoms with van der Waals surface area (Å²) in [5, 5.41) is 10.4. The van der Waals surface area contributed by atoms with Crippen molar-refractivity contribution in [1.29, 1.82) is 0 Å². The summed E-state index contributed by atoms with van der Waals surface area (Å²) in [5.74, 6) is 0.285. The van der Waals surface area contributed by atoms with Gasteiger partial charge in [-0.1, -0.05) is 29.8 Å². The van der Waals surface area contributed by atoms with Gasteiger partial charge in [-0.2, -0.15) is 0 Å². The van der Waals surface area contributed by atoms with Crippen molar-refractivity contribution in [3.63, 3.8) is 0 Å². The van der Waals surface area contributed by atoms with E-state index in [0.717, 1.165) is 57.7 Å². The normalized spacial score (nSPS) is 21.3. The number of piperazine rings is 1. The van der Waals surface area contributed by atoms with Crippen molar-refractivity contribution in [3.05, 3.63) is 35.4 Å². The van der Waals surface area contributed by atoms with Gasteiger partial charge in [0.05, 0.1) is 12.6 Å². The van der Waals surface area contributed by atoms with Gasteiger partial charge in [-0.25, -0.2) is 0 Å². The number of β-amino-alcohol motifs (C(OH)–C–C–N with tert-alkyl or cyclic N) is 1. The molecule has 1 aromatic carbocycles. The van der Waals surface area contributed by atoms with Crippen LogP contribution >= 0.6 is 0 Å². The van der Waals surface area contributed by atoms with E-state index < -0.39 is 6.10 Å². The number of hydrogen-bond donors (Lipinski definition) is 1. The number of aliphatic hydroxyl groups is 1. The fourth-order valence-electron chi connectivity index (χ4n) is 3.70. The van der Waals surface area contributed by atoms with Crippen molar-refractivity contribution in [1.82, 2.24) is 14.7 Å². The Labute approximate surface area is 151 Å². The van der Waals surface area contributed by atoms with E-state index in [1.807, 2.05) is 29.2 Å². The Morgan fingerprint density at radius 3 is 2.20 bits per heavy atom. The number of benzene rings is 1. The van der Waals surface area contributed by atoms with Crippen LogP contribution in [0.4, 0.5) is 0 Å². The average molecular weight is 345 g/mol. The number of likely N-dealkylation sites (tertiary alicyclic amines) is 1. The molecule has 2 fully saturated rings. The van der Waals surface area contributed by atoms with Gasteiger partial charge in [0.1, 0.15) is 0 Å². The second-order valence-electron chi connectivity index (χ2n) is 7.44. The third-order valence-electron chi connectivity index (χ3n) is 5.43. The minimum absolute atomic E-state index is 0.285. The minimum atomic E-state index is -0.442. The Morgan fingerprint density at radius 2 is 1.56 bits per heavy atom. The summed E-state index contributed by atoms with van der Waals surface area (Å²) in [6.45, 7) is 8.77. The molecular weight excluding hydrogens is 314 g/mol. The summed E-state index contributed by atoms with van der Waals surface area (Å²) in [6, 6.07) is 8.10. The maximum atomic E-state index is 12.4. The second-order valence-corrected chi connectivity index (χ2v) is 7.44. The van der Waals surface area contributed by atoms with E-state index in [9.17, 15) is 9.90 Å². The number of rotatable bonds is 5. The van der Waals surface area contributed by atoms with E-state index in [2.05, 4.69) is 16.7 Å². The Morgan fingerprint density at radius 1 is 0.960 bits per heavy atom. The smallest absolute Gasteiger partial charge is 0.236 e. The van der Waals surface area contributed by atoms with E-state index in [4.69, 9.17) is 0 Å². The zero-order chi connectivity index (χ0) is 17.6. The Hall–Kier alpha value is -1.43. The molecule has 0 aliphatic carbocycles. The van der Waals surface area contributed by atoms with Crippen LogP contribution in [-0.4, -0.2) is 78.1 Å². The molecule has 25 heavy (non-hydrogen) atoms. The van der Waals surface area contributed by atoms with Gasteiger partial charge in [-0.05, 0) is 31.7 Å². The quantitative estimate of drug-likeness (QED) is 0.882. The van der Waals surface area contributed by atoms with Gasteiger partial charge in [0, 0.05) is 45.8 Å². The Bertz CT molecular complexity index is 547. The fraction of sp³-hybridized carbons (Fsp3) is 0.650. The number of aryl methyl sites for hydroxylation is 1. The molecule has 1 amide bonds. The van der Waals surface area contributed by atoms with Crippen LogP contribution in [0.25, 0.3) is 0 Å². The molecule has 0 bridgehead atoms. The highest BCUT2D eigenvalue weighted by Crippen LogP contribution is 2.16. The van der Waals surface area contributed by atoms with Crippen molar-refractivity contribution < 1.29 is 9.90 Å². The average Bonchev–Trinajstić information content (AvgIpc) is 2.64. The Kier molecular flexibility index (Phi) is 6.45. The highest BCUT2D eigenvalue weighted by Gasteiger charge is 2.23. The van der Waals surface area contributed by atoms with Gasteiger partial charge in [-0.15, -0.1) is 0 Å². The topological polar surface area (TPSA) is 47.0 Å². The van der Waals surface area contributed by atoms with E-state index in [1.54, 1.807) is 0 Å². The summed E-state index contributed by atoms with van der Waals surface area (Å²) in [6.07, 6.45) is 3.11. The van der Waals surface area contributed by atoms with Crippen molar-refractivity contribution in [2.75, 3.05) is 52.4 Å². The number of aliphatic hydroxyl groups excluding tert-OH is 1.